The maximum absolute atomic E-state index is 6.61. The third-order valence-electron chi connectivity index (χ3n) is 10.2. The molecule has 0 amide bonds. The summed E-state index contributed by atoms with van der Waals surface area (Å²) in [5.41, 5.74) is 8.93. The minimum atomic E-state index is -1.33. The second kappa shape index (κ2) is 17.0. The van der Waals surface area contributed by atoms with Crippen molar-refractivity contribution < 1.29 is 18.9 Å². The van der Waals surface area contributed by atoms with Crippen molar-refractivity contribution in [2.24, 2.45) is 0 Å². The summed E-state index contributed by atoms with van der Waals surface area (Å²) in [6, 6.07) is 0. The van der Waals surface area contributed by atoms with E-state index in [0.717, 1.165) is 110 Å². The van der Waals surface area contributed by atoms with Crippen LogP contribution in [0.2, 0.25) is 0 Å². The van der Waals surface area contributed by atoms with Gasteiger partial charge in [0.15, 0.2) is 11.5 Å². The van der Waals surface area contributed by atoms with Gasteiger partial charge < -0.3 is 48.9 Å². The number of hydrogen-bond donors (Lipinski definition) is 0. The van der Waals surface area contributed by atoms with E-state index in [1.165, 1.54) is 0 Å². The molecule has 3 aliphatic rings. The second-order valence-electron chi connectivity index (χ2n) is 14.0. The third-order valence-corrected chi connectivity index (χ3v) is 10.2. The van der Waals surface area contributed by atoms with Crippen LogP contribution >= 0.6 is 0 Å². The molecule has 12 nitrogen and oxygen atoms in total. The molecule has 6 rings (SSSR count). The second-order valence-corrected chi connectivity index (χ2v) is 14.0. The standard InChI is InChI=1S/C40H54N8O4.Mg/c1-11-17-23-24(18-12-2)32-41-31(23)42-33-25(19-13-3)27(21-15-5)35(44-33)46-37-29-30(52-40(8,50-10)39(7,49-9)51-29)38(48-37)47-36-28(22-16-6)26(20-14-4)34(43-32)45-36;/h11-22H2,1-10H3;/q-2;+2/t39-,40-;/m1./s1. The minimum Gasteiger partial charge on any atom is -0.449 e. The first-order chi connectivity index (χ1) is 25.1. The summed E-state index contributed by atoms with van der Waals surface area (Å²) in [5.74, 6) is -0.101. The first-order valence-electron chi connectivity index (χ1n) is 19.2. The van der Waals surface area contributed by atoms with Gasteiger partial charge in [-0.25, -0.2) is 9.97 Å². The zero-order valence-corrected chi connectivity index (χ0v) is 34.8. The largest absolute Gasteiger partial charge is 2.00 e. The first-order valence-corrected chi connectivity index (χ1v) is 19.2. The molecular formula is C40H54MgN8O4. The Balaban J connectivity index is 0.00000541. The fourth-order valence-electron chi connectivity index (χ4n) is 7.32. The SMILES string of the molecule is CCCC1=C(CCC)c2nc1nc1[n-]c(nc3nc(nc4[n-]c(n2)c(CCC)c4CCC)C2=C3O[C@@](C)(OC)[C@](C)(OC)O2)c(CCC)c1CCC.[Mg+2]. The molecule has 8 bridgehead atoms. The van der Waals surface area contributed by atoms with E-state index in [0.29, 0.717) is 57.4 Å². The zero-order valence-electron chi connectivity index (χ0n) is 33.4. The summed E-state index contributed by atoms with van der Waals surface area (Å²) in [7, 11) is 3.11. The number of nitrogens with zero attached hydrogens (tertiary/aromatic N) is 8. The predicted molar refractivity (Wildman–Crippen MR) is 208 cm³/mol. The Hall–Kier alpha value is -3.39. The quantitative estimate of drug-likeness (QED) is 0.150. The molecule has 13 heteroatoms. The molecule has 6 heterocycles. The van der Waals surface area contributed by atoms with E-state index in [2.05, 4.69) is 41.5 Å². The maximum atomic E-state index is 6.61. The minimum absolute atomic E-state index is 0. The van der Waals surface area contributed by atoms with Crippen LogP contribution in [0.25, 0.3) is 45.3 Å². The number of aromatic nitrogens is 8. The van der Waals surface area contributed by atoms with Crippen LogP contribution in [0.5, 0.6) is 0 Å². The van der Waals surface area contributed by atoms with E-state index < -0.39 is 11.6 Å². The van der Waals surface area contributed by atoms with Crippen LogP contribution in [0.4, 0.5) is 0 Å². The van der Waals surface area contributed by atoms with Crippen molar-refractivity contribution in [1.82, 2.24) is 39.9 Å². The predicted octanol–water partition coefficient (Wildman–Crippen LogP) is 7.69. The number of fused-ring (bicyclic) bond motifs is 10. The molecule has 3 aromatic heterocycles. The number of allylic oxidation sites excluding steroid dienone is 2. The number of ether oxygens (including phenoxy) is 4. The van der Waals surface area contributed by atoms with Gasteiger partial charge in [-0.1, -0.05) is 80.1 Å². The van der Waals surface area contributed by atoms with Crippen molar-refractivity contribution in [3.63, 3.8) is 0 Å². The monoisotopic (exact) mass is 734 g/mol. The van der Waals surface area contributed by atoms with Crippen LogP contribution in [-0.4, -0.2) is 78.8 Å². The summed E-state index contributed by atoms with van der Waals surface area (Å²) >= 11 is 0. The number of rotatable bonds is 14. The van der Waals surface area contributed by atoms with Crippen molar-refractivity contribution in [1.29, 1.82) is 0 Å². The average Bonchev–Trinajstić information content (AvgIpc) is 3.82. The first kappa shape index (κ1) is 40.8. The van der Waals surface area contributed by atoms with Crippen LogP contribution in [0.3, 0.4) is 0 Å². The van der Waals surface area contributed by atoms with Gasteiger partial charge >= 0.3 is 23.1 Å². The average molecular weight is 735 g/mol. The number of methoxy groups -OCH3 is 2. The van der Waals surface area contributed by atoms with E-state index in [1.807, 2.05) is 0 Å². The summed E-state index contributed by atoms with van der Waals surface area (Å²) in [5, 5.41) is 0. The van der Waals surface area contributed by atoms with Crippen molar-refractivity contribution in [2.75, 3.05) is 14.2 Å². The molecule has 0 fully saturated rings. The van der Waals surface area contributed by atoms with Gasteiger partial charge in [0, 0.05) is 50.7 Å². The van der Waals surface area contributed by atoms with Gasteiger partial charge in [-0.15, -0.1) is 0 Å². The Labute approximate surface area is 329 Å². The van der Waals surface area contributed by atoms with Crippen LogP contribution in [0.15, 0.2) is 0 Å². The van der Waals surface area contributed by atoms with Gasteiger partial charge in [0.1, 0.15) is 11.6 Å². The van der Waals surface area contributed by atoms with E-state index >= 15 is 0 Å². The van der Waals surface area contributed by atoms with Gasteiger partial charge in [-0.3, -0.25) is 0 Å². The molecule has 3 aliphatic heterocycles. The van der Waals surface area contributed by atoms with E-state index in [-0.39, 0.29) is 23.1 Å². The van der Waals surface area contributed by atoms with Crippen molar-refractivity contribution in [2.45, 2.75) is 144 Å². The van der Waals surface area contributed by atoms with E-state index in [4.69, 9.17) is 58.8 Å². The Morgan fingerprint density at radius 3 is 1.02 bits per heavy atom. The number of hydrogen-bond acceptors (Lipinski definition) is 10. The molecule has 53 heavy (non-hydrogen) atoms. The molecule has 2 atom stereocenters. The topological polar surface area (TPSA) is 142 Å². The van der Waals surface area contributed by atoms with Gasteiger partial charge in [0.25, 0.3) is 11.6 Å². The Morgan fingerprint density at radius 1 is 0.453 bits per heavy atom. The molecule has 0 radical (unpaired) electrons. The van der Waals surface area contributed by atoms with Gasteiger partial charge in [-0.05, 0) is 71.9 Å². The molecule has 0 spiro atoms. The molecule has 0 unspecified atom stereocenters. The van der Waals surface area contributed by atoms with Crippen LogP contribution in [0.1, 0.15) is 152 Å². The third kappa shape index (κ3) is 7.38. The van der Waals surface area contributed by atoms with Crippen LogP contribution in [-0.2, 0) is 44.6 Å². The Bertz CT molecular complexity index is 1910. The van der Waals surface area contributed by atoms with Crippen molar-refractivity contribution in [3.8, 4) is 0 Å². The molecular weight excluding hydrogens is 681 g/mol. The molecule has 0 saturated heterocycles. The van der Waals surface area contributed by atoms with E-state index in [1.54, 1.807) is 28.1 Å². The number of aryl methyl sites for hydroxylation is 4. The smallest absolute Gasteiger partial charge is 0.449 e. The fraction of sp³-hybridized carbons (Fsp3) is 0.600. The molecule has 3 aromatic rings. The molecule has 0 saturated carbocycles. The molecule has 0 N–H and O–H groups in total. The van der Waals surface area contributed by atoms with Gasteiger partial charge in [0.05, 0.1) is 11.6 Å². The summed E-state index contributed by atoms with van der Waals surface area (Å²) in [6.07, 6.45) is 10.5. The van der Waals surface area contributed by atoms with Crippen LogP contribution in [0, 0.1) is 0 Å². The summed E-state index contributed by atoms with van der Waals surface area (Å²) in [6.45, 7) is 16.6. The summed E-state index contributed by atoms with van der Waals surface area (Å²) < 4.78 is 25.0. The van der Waals surface area contributed by atoms with Gasteiger partial charge in [0.2, 0.25) is 0 Å². The normalized spacial score (nSPS) is 19.6. The maximum Gasteiger partial charge on any atom is 2.00 e. The van der Waals surface area contributed by atoms with Crippen molar-refractivity contribution >= 4 is 68.3 Å². The van der Waals surface area contributed by atoms with Gasteiger partial charge in [-0.2, -0.15) is 0 Å². The molecule has 280 valence electrons. The van der Waals surface area contributed by atoms with Crippen LogP contribution < -0.4 is 9.97 Å². The Morgan fingerprint density at radius 2 is 0.736 bits per heavy atom. The Kier molecular flexibility index (Phi) is 13.0. The zero-order chi connectivity index (χ0) is 37.2. The van der Waals surface area contributed by atoms with Crippen molar-refractivity contribution in [3.05, 3.63) is 45.6 Å². The molecule has 0 aliphatic carbocycles. The summed E-state index contributed by atoms with van der Waals surface area (Å²) in [4.78, 5) is 41.2. The van der Waals surface area contributed by atoms with E-state index in [9.17, 15) is 0 Å². The fourth-order valence-corrected chi connectivity index (χ4v) is 7.32. The molecule has 0 aromatic carbocycles.